The average Bonchev–Trinajstić information content (AvgIpc) is 2.15. The molecule has 0 unspecified atom stereocenters. The van der Waals surface area contributed by atoms with E-state index < -0.39 is 9.84 Å². The van der Waals surface area contributed by atoms with Gasteiger partial charge in [0.1, 0.15) is 4.90 Å². The fourth-order valence-electron chi connectivity index (χ4n) is 1.29. The second-order valence-electron chi connectivity index (χ2n) is 3.79. The van der Waals surface area contributed by atoms with Crippen LogP contribution in [0.5, 0.6) is 5.88 Å². The van der Waals surface area contributed by atoms with Crippen LogP contribution in [-0.2, 0) is 9.84 Å². The number of halogens is 1. The maximum absolute atomic E-state index is 11.5. The Bertz CT molecular complexity index is 497. The Morgan fingerprint density at radius 3 is 2.38 bits per heavy atom. The van der Waals surface area contributed by atoms with Crippen molar-refractivity contribution in [3.05, 3.63) is 15.3 Å². The van der Waals surface area contributed by atoms with E-state index in [1.54, 1.807) is 6.07 Å². The van der Waals surface area contributed by atoms with Gasteiger partial charge in [-0.3, -0.25) is 0 Å². The maximum atomic E-state index is 11.5. The Hall–Kier alpha value is -0.370. The molecule has 0 radical (unpaired) electrons. The molecule has 0 aliphatic heterocycles. The van der Waals surface area contributed by atoms with Gasteiger partial charge in [0.15, 0.2) is 9.84 Å². The van der Waals surface area contributed by atoms with Crippen LogP contribution in [0.2, 0.25) is 0 Å². The van der Waals surface area contributed by atoms with Gasteiger partial charge in [-0.2, -0.15) is 0 Å². The smallest absolute Gasteiger partial charge is 0.232 e. The van der Waals surface area contributed by atoms with E-state index in [4.69, 9.17) is 4.74 Å². The van der Waals surface area contributed by atoms with Crippen molar-refractivity contribution in [1.82, 2.24) is 4.98 Å². The van der Waals surface area contributed by atoms with Crippen molar-refractivity contribution in [2.75, 3.05) is 13.4 Å². The molecule has 0 atom stereocenters. The molecule has 0 saturated heterocycles. The molecule has 0 saturated carbocycles. The van der Waals surface area contributed by atoms with E-state index in [0.29, 0.717) is 0 Å². The lowest BCUT2D eigenvalue weighted by Gasteiger charge is -2.12. The number of nitrogens with zero attached hydrogens (tertiary/aromatic N) is 1. The molecular formula is C10H14INO3S. The molecule has 0 aromatic carbocycles. The minimum Gasteiger partial charge on any atom is -0.480 e. The standard InChI is InChI=1S/C10H14INO3S/c1-6(2)9-7(11)5-8(16(4,13)14)10(12-9)15-3/h5-6H,1-4H3. The predicted octanol–water partition coefficient (Wildman–Crippen LogP) is 2.22. The van der Waals surface area contributed by atoms with E-state index in [1.165, 1.54) is 7.11 Å². The Balaban J connectivity index is 3.51. The highest BCUT2D eigenvalue weighted by Gasteiger charge is 2.19. The number of hydrogen-bond acceptors (Lipinski definition) is 4. The van der Waals surface area contributed by atoms with Gasteiger partial charge in [-0.1, -0.05) is 13.8 Å². The summed E-state index contributed by atoms with van der Waals surface area (Å²) in [4.78, 5) is 4.39. The van der Waals surface area contributed by atoms with Crippen LogP contribution in [0.25, 0.3) is 0 Å². The average molecular weight is 355 g/mol. The third-order valence-electron chi connectivity index (χ3n) is 2.07. The third-order valence-corrected chi connectivity index (χ3v) is 4.03. The topological polar surface area (TPSA) is 56.3 Å². The van der Waals surface area contributed by atoms with Gasteiger partial charge in [0.05, 0.1) is 12.8 Å². The normalized spacial score (nSPS) is 11.9. The first kappa shape index (κ1) is 13.7. The molecule has 1 aromatic heterocycles. The number of ether oxygens (including phenoxy) is 1. The van der Waals surface area contributed by atoms with Crippen molar-refractivity contribution in [3.8, 4) is 5.88 Å². The fraction of sp³-hybridized carbons (Fsp3) is 0.500. The molecule has 0 spiro atoms. The summed E-state index contributed by atoms with van der Waals surface area (Å²) in [5, 5.41) is 0. The van der Waals surface area contributed by atoms with E-state index in [9.17, 15) is 8.42 Å². The van der Waals surface area contributed by atoms with E-state index in [-0.39, 0.29) is 16.7 Å². The molecule has 16 heavy (non-hydrogen) atoms. The van der Waals surface area contributed by atoms with Gasteiger partial charge in [0, 0.05) is 9.83 Å². The van der Waals surface area contributed by atoms with Crippen LogP contribution >= 0.6 is 22.6 Å². The quantitative estimate of drug-likeness (QED) is 0.781. The molecule has 0 bridgehead atoms. The summed E-state index contributed by atoms with van der Waals surface area (Å²) in [6, 6.07) is 1.61. The highest BCUT2D eigenvalue weighted by atomic mass is 127. The van der Waals surface area contributed by atoms with E-state index in [1.807, 2.05) is 13.8 Å². The summed E-state index contributed by atoms with van der Waals surface area (Å²) >= 11 is 2.09. The zero-order valence-electron chi connectivity index (χ0n) is 9.61. The summed E-state index contributed by atoms with van der Waals surface area (Å²) in [6.07, 6.45) is 1.15. The Labute approximate surface area is 109 Å². The largest absolute Gasteiger partial charge is 0.480 e. The van der Waals surface area contributed by atoms with E-state index in [0.717, 1.165) is 15.5 Å². The summed E-state index contributed by atoms with van der Waals surface area (Å²) in [5.41, 5.74) is 0.852. The van der Waals surface area contributed by atoms with Crippen LogP contribution in [0.1, 0.15) is 25.5 Å². The van der Waals surface area contributed by atoms with Gasteiger partial charge >= 0.3 is 0 Å². The second kappa shape index (κ2) is 4.87. The summed E-state index contributed by atoms with van der Waals surface area (Å²) in [6.45, 7) is 4.01. The van der Waals surface area contributed by atoms with Crippen molar-refractivity contribution < 1.29 is 13.2 Å². The molecule has 0 fully saturated rings. The lowest BCUT2D eigenvalue weighted by Crippen LogP contribution is -2.07. The van der Waals surface area contributed by atoms with E-state index >= 15 is 0 Å². The molecule has 1 aromatic rings. The molecule has 0 aliphatic rings. The van der Waals surface area contributed by atoms with Crippen molar-refractivity contribution >= 4 is 32.4 Å². The molecule has 0 amide bonds. The van der Waals surface area contributed by atoms with Crippen LogP contribution in [0.15, 0.2) is 11.0 Å². The minimum atomic E-state index is -3.30. The summed E-state index contributed by atoms with van der Waals surface area (Å²) < 4.78 is 28.9. The Morgan fingerprint density at radius 2 is 2.00 bits per heavy atom. The predicted molar refractivity (Wildman–Crippen MR) is 70.7 cm³/mol. The molecular weight excluding hydrogens is 341 g/mol. The lowest BCUT2D eigenvalue weighted by atomic mass is 10.1. The second-order valence-corrected chi connectivity index (χ2v) is 6.94. The maximum Gasteiger partial charge on any atom is 0.232 e. The van der Waals surface area contributed by atoms with Gasteiger partial charge in [-0.25, -0.2) is 13.4 Å². The van der Waals surface area contributed by atoms with Gasteiger partial charge in [0.25, 0.3) is 0 Å². The minimum absolute atomic E-state index is 0.142. The summed E-state index contributed by atoms with van der Waals surface area (Å²) in [5.74, 6) is 0.404. The SMILES string of the molecule is COc1nc(C(C)C)c(I)cc1S(C)(=O)=O. The first-order valence-corrected chi connectivity index (χ1v) is 7.69. The first-order valence-electron chi connectivity index (χ1n) is 4.71. The monoisotopic (exact) mass is 355 g/mol. The molecule has 1 heterocycles. The van der Waals surface area contributed by atoms with Crippen LogP contribution < -0.4 is 4.74 Å². The van der Waals surface area contributed by atoms with Crippen molar-refractivity contribution in [2.45, 2.75) is 24.7 Å². The highest BCUT2D eigenvalue weighted by molar-refractivity contribution is 14.1. The van der Waals surface area contributed by atoms with Gasteiger partial charge in [-0.15, -0.1) is 0 Å². The van der Waals surface area contributed by atoms with Gasteiger partial charge < -0.3 is 4.74 Å². The number of rotatable bonds is 3. The van der Waals surface area contributed by atoms with Crippen LogP contribution in [0.3, 0.4) is 0 Å². The van der Waals surface area contributed by atoms with Crippen LogP contribution in [0.4, 0.5) is 0 Å². The number of pyridine rings is 1. The molecule has 90 valence electrons. The number of methoxy groups -OCH3 is 1. The zero-order chi connectivity index (χ0) is 12.5. The van der Waals surface area contributed by atoms with Crippen LogP contribution in [-0.4, -0.2) is 26.8 Å². The molecule has 4 nitrogen and oxygen atoms in total. The van der Waals surface area contributed by atoms with Gasteiger partial charge in [-0.05, 0) is 34.6 Å². The Morgan fingerprint density at radius 1 is 1.44 bits per heavy atom. The molecule has 0 N–H and O–H groups in total. The summed E-state index contributed by atoms with van der Waals surface area (Å²) in [7, 11) is -1.88. The number of sulfone groups is 1. The molecule has 6 heteroatoms. The van der Waals surface area contributed by atoms with Crippen molar-refractivity contribution in [1.29, 1.82) is 0 Å². The van der Waals surface area contributed by atoms with Crippen molar-refractivity contribution in [2.24, 2.45) is 0 Å². The van der Waals surface area contributed by atoms with E-state index in [2.05, 4.69) is 27.6 Å². The van der Waals surface area contributed by atoms with Crippen LogP contribution in [0, 0.1) is 3.57 Å². The van der Waals surface area contributed by atoms with Crippen molar-refractivity contribution in [3.63, 3.8) is 0 Å². The lowest BCUT2D eigenvalue weighted by molar-refractivity contribution is 0.382. The molecule has 0 aliphatic carbocycles. The zero-order valence-corrected chi connectivity index (χ0v) is 12.6. The Kier molecular flexibility index (Phi) is 4.17. The first-order chi connectivity index (χ1) is 7.27. The highest BCUT2D eigenvalue weighted by Crippen LogP contribution is 2.28. The number of aromatic nitrogens is 1. The molecule has 1 rings (SSSR count). The fourth-order valence-corrected chi connectivity index (χ4v) is 3.33. The number of hydrogen-bond donors (Lipinski definition) is 0. The van der Waals surface area contributed by atoms with Gasteiger partial charge in [0.2, 0.25) is 5.88 Å². The third kappa shape index (κ3) is 2.85.